The van der Waals surface area contributed by atoms with Gasteiger partial charge in [0.25, 0.3) is 0 Å². The molecule has 23 heavy (non-hydrogen) atoms. The lowest BCUT2D eigenvalue weighted by Crippen LogP contribution is -2.18. The number of rotatable bonds is 10. The number of hydrogen-bond donors (Lipinski definition) is 0. The highest BCUT2D eigenvalue weighted by atomic mass is 16.5. The number of allylic oxidation sites excluding steroid dienone is 2. The zero-order chi connectivity index (χ0) is 16.5. The van der Waals surface area contributed by atoms with E-state index in [1.807, 2.05) is 0 Å². The molecule has 1 aliphatic carbocycles. The van der Waals surface area contributed by atoms with E-state index < -0.39 is 0 Å². The molecule has 0 unspecified atom stereocenters. The molecule has 0 atom stereocenters. The number of ether oxygens (including phenoxy) is 1. The summed E-state index contributed by atoms with van der Waals surface area (Å²) in [6.45, 7) is 2.73. The molecule has 0 saturated carbocycles. The zero-order valence-corrected chi connectivity index (χ0v) is 14.0. The lowest BCUT2D eigenvalue weighted by molar-refractivity contribution is 0.0879. The molecule has 2 rings (SSSR count). The third-order valence-corrected chi connectivity index (χ3v) is 4.18. The van der Waals surface area contributed by atoms with Crippen LogP contribution in [0.4, 0.5) is 0 Å². The Morgan fingerprint density at radius 3 is 2.13 bits per heavy atom. The molecule has 0 bridgehead atoms. The van der Waals surface area contributed by atoms with Gasteiger partial charge in [0.15, 0.2) is 11.5 Å². The first-order chi connectivity index (χ1) is 11.2. The number of carbonyl (C=O) groups excluding carboxylic acids is 2. The number of Topliss-reactive ketones (excluding diaryl/α,β-unsaturated/α-hetero) is 1. The van der Waals surface area contributed by atoms with Crippen molar-refractivity contribution in [1.82, 2.24) is 0 Å². The van der Waals surface area contributed by atoms with Crippen molar-refractivity contribution in [2.75, 3.05) is 6.61 Å². The van der Waals surface area contributed by atoms with Gasteiger partial charge in [-0.05, 0) is 6.42 Å². The van der Waals surface area contributed by atoms with Crippen LogP contribution in [0, 0.1) is 0 Å². The smallest absolute Gasteiger partial charge is 0.228 e. The minimum absolute atomic E-state index is 0.147. The Labute approximate surface area is 138 Å². The second-order valence-corrected chi connectivity index (χ2v) is 6.07. The van der Waals surface area contributed by atoms with Crippen LogP contribution >= 0.6 is 0 Å². The quantitative estimate of drug-likeness (QED) is 0.564. The van der Waals surface area contributed by atoms with Crippen LogP contribution in [0.15, 0.2) is 36.1 Å². The number of ketones is 2. The van der Waals surface area contributed by atoms with E-state index in [4.69, 9.17) is 4.74 Å². The van der Waals surface area contributed by atoms with Gasteiger partial charge in [0.2, 0.25) is 5.78 Å². The van der Waals surface area contributed by atoms with Crippen LogP contribution in [-0.4, -0.2) is 18.2 Å². The molecule has 124 valence electrons. The number of unbranched alkanes of at least 4 members (excludes halogenated alkanes) is 7. The van der Waals surface area contributed by atoms with Gasteiger partial charge in [-0.15, -0.1) is 0 Å². The minimum Gasteiger partial charge on any atom is -0.489 e. The Balaban J connectivity index is 1.69. The maximum Gasteiger partial charge on any atom is 0.228 e. The number of hydrogen-bond acceptors (Lipinski definition) is 3. The maximum atomic E-state index is 12.3. The lowest BCUT2D eigenvalue weighted by atomic mass is 9.94. The largest absolute Gasteiger partial charge is 0.489 e. The molecule has 0 saturated heterocycles. The zero-order valence-electron chi connectivity index (χ0n) is 14.0. The third-order valence-electron chi connectivity index (χ3n) is 4.18. The fourth-order valence-corrected chi connectivity index (χ4v) is 2.82. The molecule has 0 fully saturated rings. The number of carbonyl (C=O) groups is 2. The summed E-state index contributed by atoms with van der Waals surface area (Å²) in [5.74, 6) is -0.137. The molecular weight excluding hydrogens is 288 g/mol. The first kappa shape index (κ1) is 17.5. The van der Waals surface area contributed by atoms with Crippen molar-refractivity contribution in [2.45, 2.75) is 58.3 Å². The normalized spacial score (nSPS) is 13.7. The summed E-state index contributed by atoms with van der Waals surface area (Å²) in [5.41, 5.74) is 0.919. The second kappa shape index (κ2) is 9.29. The van der Waals surface area contributed by atoms with Crippen molar-refractivity contribution >= 4 is 11.6 Å². The Morgan fingerprint density at radius 2 is 1.43 bits per heavy atom. The summed E-state index contributed by atoms with van der Waals surface area (Å²) in [7, 11) is 0. The summed E-state index contributed by atoms with van der Waals surface area (Å²) >= 11 is 0. The Morgan fingerprint density at radius 1 is 0.826 bits per heavy atom. The van der Waals surface area contributed by atoms with Crippen molar-refractivity contribution < 1.29 is 14.3 Å². The van der Waals surface area contributed by atoms with Gasteiger partial charge in [-0.2, -0.15) is 0 Å². The maximum absolute atomic E-state index is 12.3. The van der Waals surface area contributed by atoms with Gasteiger partial charge in [0.1, 0.15) is 0 Å². The average molecular weight is 314 g/mol. The van der Waals surface area contributed by atoms with Crippen LogP contribution in [0.5, 0.6) is 0 Å². The van der Waals surface area contributed by atoms with Gasteiger partial charge in [0.05, 0.1) is 6.61 Å². The topological polar surface area (TPSA) is 43.4 Å². The molecule has 0 N–H and O–H groups in total. The molecule has 0 aliphatic heterocycles. The van der Waals surface area contributed by atoms with Crippen molar-refractivity contribution in [3.63, 3.8) is 0 Å². The van der Waals surface area contributed by atoms with Gasteiger partial charge in [-0.1, -0.05) is 76.1 Å². The molecule has 1 aromatic rings. The van der Waals surface area contributed by atoms with Crippen LogP contribution < -0.4 is 0 Å². The van der Waals surface area contributed by atoms with Gasteiger partial charge in [-0.25, -0.2) is 0 Å². The van der Waals surface area contributed by atoms with Gasteiger partial charge >= 0.3 is 0 Å². The molecule has 0 aromatic heterocycles. The van der Waals surface area contributed by atoms with E-state index in [1.165, 1.54) is 44.6 Å². The van der Waals surface area contributed by atoms with Crippen LogP contribution in [-0.2, 0) is 4.74 Å². The van der Waals surface area contributed by atoms with Crippen molar-refractivity contribution in [1.29, 1.82) is 0 Å². The molecule has 1 aromatic carbocycles. The Kier molecular flexibility index (Phi) is 7.05. The highest BCUT2D eigenvalue weighted by molar-refractivity contribution is 6.23. The van der Waals surface area contributed by atoms with Crippen LogP contribution in [0.1, 0.15) is 79.0 Å². The highest BCUT2D eigenvalue weighted by Crippen LogP contribution is 2.22. The number of fused-ring (bicyclic) bond motifs is 1. The summed E-state index contributed by atoms with van der Waals surface area (Å²) < 4.78 is 5.56. The average Bonchev–Trinajstić information content (AvgIpc) is 2.57. The van der Waals surface area contributed by atoms with Gasteiger partial charge in [-0.3, -0.25) is 9.59 Å². The van der Waals surface area contributed by atoms with E-state index >= 15 is 0 Å². The summed E-state index contributed by atoms with van der Waals surface area (Å²) in [4.78, 5) is 24.3. The SMILES string of the molecule is CCCCCCCCCCOC1=CC(=O)c2ccccc2C1=O. The van der Waals surface area contributed by atoms with Crippen molar-refractivity contribution in [3.05, 3.63) is 47.2 Å². The van der Waals surface area contributed by atoms with E-state index in [0.717, 1.165) is 12.8 Å². The van der Waals surface area contributed by atoms with E-state index in [1.54, 1.807) is 24.3 Å². The predicted octanol–water partition coefficient (Wildman–Crippen LogP) is 5.11. The Hall–Kier alpha value is -1.90. The summed E-state index contributed by atoms with van der Waals surface area (Å²) in [6, 6.07) is 6.90. The predicted molar refractivity (Wildman–Crippen MR) is 91.7 cm³/mol. The van der Waals surface area contributed by atoms with E-state index in [9.17, 15) is 9.59 Å². The fraction of sp³-hybridized carbons (Fsp3) is 0.500. The lowest BCUT2D eigenvalue weighted by Gasteiger charge is -2.15. The molecule has 0 spiro atoms. The Bertz CT molecular complexity index is 572. The summed E-state index contributed by atoms with van der Waals surface area (Å²) in [6.07, 6.45) is 11.1. The molecule has 0 heterocycles. The molecular formula is C20H26O3. The first-order valence-corrected chi connectivity index (χ1v) is 8.76. The van der Waals surface area contributed by atoms with Crippen molar-refractivity contribution in [3.8, 4) is 0 Å². The van der Waals surface area contributed by atoms with Gasteiger partial charge in [0, 0.05) is 17.2 Å². The summed E-state index contributed by atoms with van der Waals surface area (Å²) in [5, 5.41) is 0. The standard InChI is InChI=1S/C20H26O3/c1-2-3-4-5-6-7-8-11-14-23-19-15-18(21)16-12-9-10-13-17(16)20(19)22/h9-10,12-13,15H,2-8,11,14H2,1H3. The van der Waals surface area contributed by atoms with E-state index in [-0.39, 0.29) is 17.3 Å². The fourth-order valence-electron chi connectivity index (χ4n) is 2.82. The third kappa shape index (κ3) is 5.05. The molecule has 1 aliphatic rings. The van der Waals surface area contributed by atoms with E-state index in [2.05, 4.69) is 6.92 Å². The van der Waals surface area contributed by atoms with Gasteiger partial charge < -0.3 is 4.74 Å². The van der Waals surface area contributed by atoms with Crippen LogP contribution in [0.25, 0.3) is 0 Å². The molecule has 3 heteroatoms. The highest BCUT2D eigenvalue weighted by Gasteiger charge is 2.26. The van der Waals surface area contributed by atoms with Crippen LogP contribution in [0.2, 0.25) is 0 Å². The van der Waals surface area contributed by atoms with E-state index in [0.29, 0.717) is 17.7 Å². The first-order valence-electron chi connectivity index (χ1n) is 8.76. The van der Waals surface area contributed by atoms with Crippen LogP contribution in [0.3, 0.4) is 0 Å². The molecule has 0 amide bonds. The molecule has 0 radical (unpaired) electrons. The monoisotopic (exact) mass is 314 g/mol. The minimum atomic E-state index is -0.181. The second-order valence-electron chi connectivity index (χ2n) is 6.07. The van der Waals surface area contributed by atoms with Crippen molar-refractivity contribution in [2.24, 2.45) is 0 Å². The number of benzene rings is 1. The molecule has 3 nitrogen and oxygen atoms in total.